The lowest BCUT2D eigenvalue weighted by Crippen LogP contribution is -2.22. The first-order valence-corrected chi connectivity index (χ1v) is 8.32. The van der Waals surface area contributed by atoms with E-state index in [9.17, 15) is 14.0 Å². The van der Waals surface area contributed by atoms with E-state index in [0.29, 0.717) is 17.8 Å². The maximum atomic E-state index is 13.2. The number of rotatable bonds is 4. The molecule has 0 bridgehead atoms. The molecule has 3 rings (SSSR count). The summed E-state index contributed by atoms with van der Waals surface area (Å²) in [4.78, 5) is 24.5. The first kappa shape index (κ1) is 17.9. The third-order valence-electron chi connectivity index (χ3n) is 3.90. The van der Waals surface area contributed by atoms with Crippen LogP contribution in [-0.4, -0.2) is 10.5 Å². The number of amides is 1. The standard InChI is InChI=1S/C20H16ClFN2O2/c1-13-2-4-14(5-3-13)11-24-12-15(6-9-19(24)25)20(26)23-16-7-8-18(22)17(21)10-16/h2-10,12H,11H2,1H3,(H,23,26). The highest BCUT2D eigenvalue weighted by Crippen LogP contribution is 2.19. The molecule has 0 fully saturated rings. The SMILES string of the molecule is Cc1ccc(Cn2cc(C(=O)Nc3ccc(F)c(Cl)c3)ccc2=O)cc1. The molecule has 0 saturated carbocycles. The molecule has 1 heterocycles. The number of hydrogen-bond donors (Lipinski definition) is 1. The smallest absolute Gasteiger partial charge is 0.257 e. The molecule has 1 N–H and O–H groups in total. The fraction of sp³-hybridized carbons (Fsp3) is 0.100. The third-order valence-corrected chi connectivity index (χ3v) is 4.19. The molecule has 0 aliphatic rings. The summed E-state index contributed by atoms with van der Waals surface area (Å²) in [5.74, 6) is -0.971. The molecule has 0 spiro atoms. The molecule has 1 aromatic heterocycles. The van der Waals surface area contributed by atoms with Gasteiger partial charge in [0.25, 0.3) is 11.5 Å². The number of pyridine rings is 1. The number of nitrogens with one attached hydrogen (secondary N) is 1. The number of hydrogen-bond acceptors (Lipinski definition) is 2. The van der Waals surface area contributed by atoms with Gasteiger partial charge in [0.2, 0.25) is 0 Å². The molecule has 132 valence electrons. The zero-order valence-corrected chi connectivity index (χ0v) is 14.8. The van der Waals surface area contributed by atoms with Crippen molar-refractivity contribution < 1.29 is 9.18 Å². The monoisotopic (exact) mass is 370 g/mol. The van der Waals surface area contributed by atoms with Crippen LogP contribution in [0, 0.1) is 12.7 Å². The summed E-state index contributed by atoms with van der Waals surface area (Å²) in [6, 6.07) is 14.5. The average molecular weight is 371 g/mol. The molecule has 6 heteroatoms. The van der Waals surface area contributed by atoms with Gasteiger partial charge in [0.1, 0.15) is 5.82 Å². The number of nitrogens with zero attached hydrogens (tertiary/aromatic N) is 1. The molecule has 26 heavy (non-hydrogen) atoms. The largest absolute Gasteiger partial charge is 0.322 e. The Morgan fingerprint density at radius 2 is 1.85 bits per heavy atom. The Hall–Kier alpha value is -2.92. The van der Waals surface area contributed by atoms with Crippen LogP contribution in [0.15, 0.2) is 65.6 Å². The molecule has 0 saturated heterocycles. The van der Waals surface area contributed by atoms with Crippen molar-refractivity contribution in [1.29, 1.82) is 0 Å². The Morgan fingerprint density at radius 3 is 2.54 bits per heavy atom. The van der Waals surface area contributed by atoms with Crippen molar-refractivity contribution in [2.75, 3.05) is 5.32 Å². The van der Waals surface area contributed by atoms with Crippen LogP contribution in [0.4, 0.5) is 10.1 Å². The second kappa shape index (κ2) is 7.54. The average Bonchev–Trinajstić information content (AvgIpc) is 2.62. The fourth-order valence-electron chi connectivity index (χ4n) is 2.46. The van der Waals surface area contributed by atoms with E-state index in [0.717, 1.165) is 11.1 Å². The lowest BCUT2D eigenvalue weighted by Gasteiger charge is -2.10. The predicted molar refractivity (Wildman–Crippen MR) is 100 cm³/mol. The summed E-state index contributed by atoms with van der Waals surface area (Å²) >= 11 is 5.72. The Bertz CT molecular complexity index is 1010. The molecular formula is C20H16ClFN2O2. The first-order valence-electron chi connectivity index (χ1n) is 7.95. The minimum atomic E-state index is -0.559. The van der Waals surface area contributed by atoms with Crippen molar-refractivity contribution in [2.45, 2.75) is 13.5 Å². The van der Waals surface area contributed by atoms with E-state index in [1.807, 2.05) is 31.2 Å². The van der Waals surface area contributed by atoms with Crippen molar-refractivity contribution in [3.63, 3.8) is 0 Å². The van der Waals surface area contributed by atoms with Gasteiger partial charge in [-0.1, -0.05) is 41.4 Å². The van der Waals surface area contributed by atoms with Crippen LogP contribution < -0.4 is 10.9 Å². The topological polar surface area (TPSA) is 51.1 Å². The van der Waals surface area contributed by atoms with Gasteiger partial charge in [0.15, 0.2) is 0 Å². The van der Waals surface area contributed by atoms with Crippen LogP contribution >= 0.6 is 11.6 Å². The minimum absolute atomic E-state index is 0.0767. The zero-order valence-electron chi connectivity index (χ0n) is 14.0. The summed E-state index contributed by atoms with van der Waals surface area (Å²) in [5, 5.41) is 2.56. The Labute approximate surface area is 154 Å². The molecule has 2 aromatic carbocycles. The summed E-state index contributed by atoms with van der Waals surface area (Å²) in [5.41, 5.74) is 2.58. The molecule has 1 amide bonds. The van der Waals surface area contributed by atoms with Gasteiger partial charge in [0, 0.05) is 18.0 Å². The second-order valence-corrected chi connectivity index (χ2v) is 6.36. The van der Waals surface area contributed by atoms with Crippen molar-refractivity contribution >= 4 is 23.2 Å². The molecule has 0 aliphatic carbocycles. The quantitative estimate of drug-likeness (QED) is 0.746. The summed E-state index contributed by atoms with van der Waals surface area (Å²) < 4.78 is 14.7. The van der Waals surface area contributed by atoms with Gasteiger partial charge in [0.05, 0.1) is 17.1 Å². The number of carbonyl (C=O) groups excluding carboxylic acids is 1. The van der Waals surface area contributed by atoms with Crippen LogP contribution in [0.25, 0.3) is 0 Å². The lowest BCUT2D eigenvalue weighted by molar-refractivity contribution is 0.102. The van der Waals surface area contributed by atoms with Crippen LogP contribution in [0.5, 0.6) is 0 Å². The van der Waals surface area contributed by atoms with Gasteiger partial charge in [-0.15, -0.1) is 0 Å². The van der Waals surface area contributed by atoms with Crippen LogP contribution in [0.3, 0.4) is 0 Å². The van der Waals surface area contributed by atoms with E-state index in [2.05, 4.69) is 5.32 Å². The van der Waals surface area contributed by atoms with E-state index >= 15 is 0 Å². The van der Waals surface area contributed by atoms with Gasteiger partial charge < -0.3 is 9.88 Å². The number of benzene rings is 2. The summed E-state index contributed by atoms with van der Waals surface area (Å²) in [6.45, 7) is 2.35. The molecule has 0 atom stereocenters. The number of carbonyl (C=O) groups is 1. The number of halogens is 2. The molecule has 3 aromatic rings. The normalized spacial score (nSPS) is 10.6. The Kier molecular flexibility index (Phi) is 5.19. The van der Waals surface area contributed by atoms with Gasteiger partial charge in [-0.25, -0.2) is 4.39 Å². The molecule has 0 radical (unpaired) electrons. The van der Waals surface area contributed by atoms with E-state index in [-0.39, 0.29) is 10.6 Å². The number of aryl methyl sites for hydroxylation is 1. The fourth-order valence-corrected chi connectivity index (χ4v) is 2.64. The predicted octanol–water partition coefficient (Wildman–Crippen LogP) is 4.25. The van der Waals surface area contributed by atoms with E-state index < -0.39 is 11.7 Å². The highest BCUT2D eigenvalue weighted by Gasteiger charge is 2.10. The second-order valence-electron chi connectivity index (χ2n) is 5.95. The molecule has 0 aliphatic heterocycles. The molecule has 0 unspecified atom stereocenters. The highest BCUT2D eigenvalue weighted by molar-refractivity contribution is 6.31. The summed E-state index contributed by atoms with van der Waals surface area (Å²) in [7, 11) is 0. The maximum Gasteiger partial charge on any atom is 0.257 e. The van der Waals surface area contributed by atoms with Gasteiger partial charge in [-0.3, -0.25) is 9.59 Å². The Balaban J connectivity index is 1.81. The van der Waals surface area contributed by atoms with Crippen molar-refractivity contribution in [3.8, 4) is 0 Å². The Morgan fingerprint density at radius 1 is 1.12 bits per heavy atom. The summed E-state index contributed by atoms with van der Waals surface area (Å²) in [6.07, 6.45) is 1.50. The van der Waals surface area contributed by atoms with Crippen molar-refractivity contribution in [2.24, 2.45) is 0 Å². The van der Waals surface area contributed by atoms with Gasteiger partial charge >= 0.3 is 0 Å². The van der Waals surface area contributed by atoms with Crippen molar-refractivity contribution in [1.82, 2.24) is 4.57 Å². The van der Waals surface area contributed by atoms with Crippen LogP contribution in [-0.2, 0) is 6.54 Å². The lowest BCUT2D eigenvalue weighted by atomic mass is 10.1. The van der Waals surface area contributed by atoms with Gasteiger partial charge in [-0.05, 0) is 36.8 Å². The van der Waals surface area contributed by atoms with Gasteiger partial charge in [-0.2, -0.15) is 0 Å². The van der Waals surface area contributed by atoms with Crippen LogP contribution in [0.2, 0.25) is 5.02 Å². The minimum Gasteiger partial charge on any atom is -0.322 e. The molecular weight excluding hydrogens is 355 g/mol. The van der Waals surface area contributed by atoms with Crippen molar-refractivity contribution in [3.05, 3.63) is 98.7 Å². The molecule has 4 nitrogen and oxygen atoms in total. The van der Waals surface area contributed by atoms with E-state index in [4.69, 9.17) is 11.6 Å². The van der Waals surface area contributed by atoms with E-state index in [1.165, 1.54) is 41.1 Å². The first-order chi connectivity index (χ1) is 12.4. The number of anilines is 1. The third kappa shape index (κ3) is 4.18. The van der Waals surface area contributed by atoms with E-state index in [1.54, 1.807) is 0 Å². The maximum absolute atomic E-state index is 13.2. The van der Waals surface area contributed by atoms with Crippen LogP contribution in [0.1, 0.15) is 21.5 Å². The highest BCUT2D eigenvalue weighted by atomic mass is 35.5. The zero-order chi connectivity index (χ0) is 18.7. The number of aromatic nitrogens is 1.